The Morgan fingerprint density at radius 2 is 1.63 bits per heavy atom. The summed E-state index contributed by atoms with van der Waals surface area (Å²) in [5.74, 6) is 0.120. The number of amides is 1. The highest BCUT2D eigenvalue weighted by molar-refractivity contribution is 5.83. The van der Waals surface area contributed by atoms with Gasteiger partial charge in [0.05, 0.1) is 12.0 Å². The Morgan fingerprint density at radius 3 is 2.16 bits per heavy atom. The van der Waals surface area contributed by atoms with E-state index in [-0.39, 0.29) is 23.3 Å². The van der Waals surface area contributed by atoms with Gasteiger partial charge in [0.25, 0.3) is 0 Å². The van der Waals surface area contributed by atoms with E-state index < -0.39 is 0 Å². The molecular weight excluding hydrogens is 240 g/mol. The van der Waals surface area contributed by atoms with Gasteiger partial charge in [0.1, 0.15) is 0 Å². The van der Waals surface area contributed by atoms with Crippen LogP contribution in [0.3, 0.4) is 0 Å². The average Bonchev–Trinajstić information content (AvgIpc) is 2.95. The third-order valence-electron chi connectivity index (χ3n) is 5.31. The van der Waals surface area contributed by atoms with Crippen molar-refractivity contribution in [2.75, 3.05) is 19.7 Å². The van der Waals surface area contributed by atoms with Crippen LogP contribution in [0.5, 0.6) is 0 Å². The van der Waals surface area contributed by atoms with Crippen LogP contribution in [0.25, 0.3) is 0 Å². The van der Waals surface area contributed by atoms with Gasteiger partial charge in [-0.25, -0.2) is 0 Å². The van der Waals surface area contributed by atoms with Crippen LogP contribution in [-0.4, -0.2) is 30.7 Å². The van der Waals surface area contributed by atoms with Crippen molar-refractivity contribution in [3.8, 4) is 0 Å². The van der Waals surface area contributed by atoms with Crippen molar-refractivity contribution in [1.82, 2.24) is 5.32 Å². The molecule has 0 aromatic carbocycles. The molecule has 4 heteroatoms. The van der Waals surface area contributed by atoms with Crippen molar-refractivity contribution < 1.29 is 9.90 Å². The van der Waals surface area contributed by atoms with Crippen LogP contribution < -0.4 is 11.1 Å². The third-order valence-corrected chi connectivity index (χ3v) is 5.31. The Hall–Kier alpha value is -0.610. The lowest BCUT2D eigenvalue weighted by Crippen LogP contribution is -2.50. The quantitative estimate of drug-likeness (QED) is 0.708. The second kappa shape index (κ2) is 6.23. The van der Waals surface area contributed by atoms with Crippen LogP contribution in [-0.2, 0) is 4.79 Å². The van der Waals surface area contributed by atoms with Crippen molar-refractivity contribution in [3.63, 3.8) is 0 Å². The summed E-state index contributed by atoms with van der Waals surface area (Å²) in [6, 6.07) is 0. The van der Waals surface area contributed by atoms with Crippen LogP contribution in [0.1, 0.15) is 57.8 Å². The number of nitrogens with one attached hydrogen (secondary N) is 1. The number of carbonyl (C=O) groups excluding carboxylic acids is 1. The molecule has 2 fully saturated rings. The van der Waals surface area contributed by atoms with Crippen molar-refractivity contribution in [3.05, 3.63) is 0 Å². The van der Waals surface area contributed by atoms with Gasteiger partial charge in [0.15, 0.2) is 0 Å². The first-order valence-electron chi connectivity index (χ1n) is 7.76. The van der Waals surface area contributed by atoms with E-state index in [1.54, 1.807) is 0 Å². The normalized spacial score (nSPS) is 25.2. The first kappa shape index (κ1) is 14.8. The third kappa shape index (κ3) is 3.11. The molecular formula is C15H28N2O2. The fraction of sp³-hybridized carbons (Fsp3) is 0.933. The molecule has 0 unspecified atom stereocenters. The zero-order valence-electron chi connectivity index (χ0n) is 11.9. The van der Waals surface area contributed by atoms with E-state index in [0.717, 1.165) is 38.5 Å². The summed E-state index contributed by atoms with van der Waals surface area (Å²) in [4.78, 5) is 12.5. The molecule has 2 aliphatic carbocycles. The molecule has 0 radical (unpaired) electrons. The van der Waals surface area contributed by atoms with Crippen molar-refractivity contribution in [2.24, 2.45) is 16.6 Å². The minimum atomic E-state index is -0.340. The molecule has 0 heterocycles. The maximum atomic E-state index is 12.5. The van der Waals surface area contributed by atoms with Gasteiger partial charge in [0, 0.05) is 18.5 Å². The number of hydrogen-bond donors (Lipinski definition) is 3. The van der Waals surface area contributed by atoms with Crippen molar-refractivity contribution in [1.29, 1.82) is 0 Å². The molecule has 1 amide bonds. The molecule has 0 atom stereocenters. The standard InChI is InChI=1S/C15H28N2O2/c16-10-15(8-2-1-3-9-15)13(19)17-11-14(12-18)6-4-5-7-14/h18H,1-12,16H2,(H,17,19). The Labute approximate surface area is 116 Å². The maximum absolute atomic E-state index is 12.5. The van der Waals surface area contributed by atoms with Crippen LogP contribution in [0.15, 0.2) is 0 Å². The van der Waals surface area contributed by atoms with Gasteiger partial charge in [-0.1, -0.05) is 32.1 Å². The lowest BCUT2D eigenvalue weighted by Gasteiger charge is -2.36. The first-order valence-corrected chi connectivity index (χ1v) is 7.76. The lowest BCUT2D eigenvalue weighted by molar-refractivity contribution is -0.133. The summed E-state index contributed by atoms with van der Waals surface area (Å²) in [5, 5.41) is 12.7. The molecule has 0 aromatic heterocycles. The second-order valence-corrected chi connectivity index (χ2v) is 6.59. The number of aliphatic hydroxyl groups is 1. The number of carbonyl (C=O) groups is 1. The van der Waals surface area contributed by atoms with Crippen molar-refractivity contribution in [2.45, 2.75) is 57.8 Å². The number of nitrogens with two attached hydrogens (primary N) is 1. The molecule has 2 aliphatic rings. The molecule has 110 valence electrons. The summed E-state index contributed by atoms with van der Waals surface area (Å²) in [6.45, 7) is 1.25. The fourth-order valence-electron chi connectivity index (χ4n) is 3.72. The zero-order valence-corrected chi connectivity index (χ0v) is 11.9. The molecule has 0 saturated heterocycles. The maximum Gasteiger partial charge on any atom is 0.227 e. The summed E-state index contributed by atoms with van der Waals surface area (Å²) < 4.78 is 0. The van der Waals surface area contributed by atoms with Gasteiger partial charge in [-0.15, -0.1) is 0 Å². The lowest BCUT2D eigenvalue weighted by atomic mass is 9.73. The SMILES string of the molecule is NCC1(C(=O)NCC2(CO)CCCC2)CCCCC1. The van der Waals surface area contributed by atoms with E-state index in [1.807, 2.05) is 0 Å². The Morgan fingerprint density at radius 1 is 1.05 bits per heavy atom. The largest absolute Gasteiger partial charge is 0.396 e. The Kier molecular flexibility index (Phi) is 4.85. The first-order chi connectivity index (χ1) is 9.16. The molecule has 4 nitrogen and oxygen atoms in total. The summed E-state index contributed by atoms with van der Waals surface area (Å²) in [7, 11) is 0. The highest BCUT2D eigenvalue weighted by Crippen LogP contribution is 2.38. The Bertz CT molecular complexity index is 305. The predicted octanol–water partition coefficient (Wildman–Crippen LogP) is 1.56. The van der Waals surface area contributed by atoms with E-state index in [9.17, 15) is 9.90 Å². The van der Waals surface area contributed by atoms with Gasteiger partial charge in [-0.05, 0) is 25.7 Å². The van der Waals surface area contributed by atoms with E-state index in [4.69, 9.17) is 5.73 Å². The summed E-state index contributed by atoms with van der Waals surface area (Å²) in [6.07, 6.45) is 9.65. The fourth-order valence-corrected chi connectivity index (χ4v) is 3.72. The minimum Gasteiger partial charge on any atom is -0.396 e. The van der Waals surface area contributed by atoms with E-state index >= 15 is 0 Å². The average molecular weight is 268 g/mol. The molecule has 0 aromatic rings. The molecule has 4 N–H and O–H groups in total. The van der Waals surface area contributed by atoms with Crippen LogP contribution in [0, 0.1) is 10.8 Å². The molecule has 2 saturated carbocycles. The zero-order chi connectivity index (χ0) is 13.8. The molecule has 0 spiro atoms. The van der Waals surface area contributed by atoms with E-state index in [1.165, 1.54) is 19.3 Å². The van der Waals surface area contributed by atoms with Crippen LogP contribution in [0.4, 0.5) is 0 Å². The molecule has 0 bridgehead atoms. The monoisotopic (exact) mass is 268 g/mol. The highest BCUT2D eigenvalue weighted by atomic mass is 16.3. The summed E-state index contributed by atoms with van der Waals surface area (Å²) in [5.41, 5.74) is 5.47. The van der Waals surface area contributed by atoms with Gasteiger partial charge in [-0.2, -0.15) is 0 Å². The topological polar surface area (TPSA) is 75.4 Å². The second-order valence-electron chi connectivity index (χ2n) is 6.59. The van der Waals surface area contributed by atoms with Gasteiger partial charge < -0.3 is 16.2 Å². The van der Waals surface area contributed by atoms with E-state index in [2.05, 4.69) is 5.32 Å². The summed E-state index contributed by atoms with van der Waals surface area (Å²) >= 11 is 0. The Balaban J connectivity index is 1.92. The minimum absolute atomic E-state index is 0.0693. The number of hydrogen-bond acceptors (Lipinski definition) is 3. The van der Waals surface area contributed by atoms with E-state index in [0.29, 0.717) is 13.1 Å². The highest BCUT2D eigenvalue weighted by Gasteiger charge is 2.40. The number of aliphatic hydroxyl groups excluding tert-OH is 1. The predicted molar refractivity (Wildman–Crippen MR) is 75.6 cm³/mol. The van der Waals surface area contributed by atoms with Gasteiger partial charge >= 0.3 is 0 Å². The smallest absolute Gasteiger partial charge is 0.227 e. The van der Waals surface area contributed by atoms with Crippen molar-refractivity contribution >= 4 is 5.91 Å². The molecule has 19 heavy (non-hydrogen) atoms. The molecule has 0 aliphatic heterocycles. The molecule has 2 rings (SSSR count). The number of rotatable bonds is 5. The van der Waals surface area contributed by atoms with Gasteiger partial charge in [0.2, 0.25) is 5.91 Å². The van der Waals surface area contributed by atoms with Crippen LogP contribution in [0.2, 0.25) is 0 Å². The van der Waals surface area contributed by atoms with Crippen LogP contribution >= 0.6 is 0 Å². The van der Waals surface area contributed by atoms with Gasteiger partial charge in [-0.3, -0.25) is 4.79 Å².